The molecule has 186 valence electrons. The molecule has 4 heterocycles. The van der Waals surface area contributed by atoms with Crippen molar-refractivity contribution in [1.82, 2.24) is 24.3 Å². The second-order valence-electron chi connectivity index (χ2n) is 8.74. The number of nitriles is 1. The van der Waals surface area contributed by atoms with E-state index in [1.165, 1.54) is 22.9 Å². The van der Waals surface area contributed by atoms with E-state index in [4.69, 9.17) is 0 Å². The monoisotopic (exact) mass is 527 g/mol. The van der Waals surface area contributed by atoms with E-state index in [9.17, 15) is 32.0 Å². The number of nitrogens with one attached hydrogen (secondary N) is 1. The topological polar surface area (TPSA) is 137 Å². The minimum Gasteiger partial charge on any atom is -0.393 e. The lowest BCUT2D eigenvalue weighted by atomic mass is 9.94. The number of aliphatic hydroxyl groups is 1. The number of piperidine rings is 1. The van der Waals surface area contributed by atoms with Crippen molar-refractivity contribution in [3.63, 3.8) is 0 Å². The molecule has 0 aromatic carbocycles. The number of rotatable bonds is 7. The van der Waals surface area contributed by atoms with Gasteiger partial charge in [-0.25, -0.2) is 26.6 Å². The fourth-order valence-corrected chi connectivity index (χ4v) is 6.10. The summed E-state index contributed by atoms with van der Waals surface area (Å²) in [6, 6.07) is 3.40. The zero-order valence-electron chi connectivity index (χ0n) is 18.2. The summed E-state index contributed by atoms with van der Waals surface area (Å²) >= 11 is 0.640. The van der Waals surface area contributed by atoms with Crippen molar-refractivity contribution < 1.29 is 26.7 Å². The summed E-state index contributed by atoms with van der Waals surface area (Å²) < 4.78 is 71.0. The maximum atomic E-state index is 14.6. The van der Waals surface area contributed by atoms with Crippen LogP contribution in [0.15, 0.2) is 23.4 Å². The molecule has 1 saturated carbocycles. The van der Waals surface area contributed by atoms with Gasteiger partial charge in [0.2, 0.25) is 10.0 Å². The molecule has 0 bridgehead atoms. The molecule has 1 aliphatic carbocycles. The van der Waals surface area contributed by atoms with E-state index in [0.29, 0.717) is 35.4 Å². The van der Waals surface area contributed by atoms with Gasteiger partial charge in [0.15, 0.2) is 15.8 Å². The fraction of sp³-hybridized carbons (Fsp3) is 0.500. The molecule has 0 radical (unpaired) electrons. The van der Waals surface area contributed by atoms with Crippen molar-refractivity contribution in [3.8, 4) is 16.9 Å². The van der Waals surface area contributed by atoms with Crippen LogP contribution in [-0.4, -0.2) is 64.0 Å². The first-order chi connectivity index (χ1) is 16.6. The predicted octanol–water partition coefficient (Wildman–Crippen LogP) is 2.43. The van der Waals surface area contributed by atoms with Crippen LogP contribution < -0.4 is 9.62 Å². The molecule has 5 rings (SSSR count). The van der Waals surface area contributed by atoms with E-state index in [1.54, 1.807) is 4.90 Å². The summed E-state index contributed by atoms with van der Waals surface area (Å²) in [4.78, 5) is 5.90. The lowest BCUT2D eigenvalue weighted by Gasteiger charge is -2.37. The minimum atomic E-state index is -4.15. The number of nitrogens with zero attached hydrogens (tertiary/aromatic N) is 6. The Bertz CT molecular complexity index is 1420. The lowest BCUT2D eigenvalue weighted by molar-refractivity contribution is 0.0481. The van der Waals surface area contributed by atoms with Crippen LogP contribution in [0.2, 0.25) is 0 Å². The van der Waals surface area contributed by atoms with Crippen molar-refractivity contribution in [2.75, 3.05) is 24.6 Å². The number of pyridine rings is 1. The molecule has 0 atom stereocenters. The Balaban J connectivity index is 1.62. The third-order valence-corrected chi connectivity index (χ3v) is 8.73. The van der Waals surface area contributed by atoms with Crippen molar-refractivity contribution in [3.05, 3.63) is 23.5 Å². The summed E-state index contributed by atoms with van der Waals surface area (Å²) in [6.07, 6.45) is 0.790. The van der Waals surface area contributed by atoms with E-state index in [0.717, 1.165) is 0 Å². The lowest BCUT2D eigenvalue weighted by Crippen LogP contribution is -2.44. The van der Waals surface area contributed by atoms with E-state index >= 15 is 0 Å². The van der Waals surface area contributed by atoms with Crippen molar-refractivity contribution in [2.24, 2.45) is 0 Å². The molecule has 3 aromatic rings. The molecule has 2 N–H and O–H groups in total. The van der Waals surface area contributed by atoms with Gasteiger partial charge in [-0.15, -0.1) is 10.2 Å². The summed E-state index contributed by atoms with van der Waals surface area (Å²) in [7, 11) is -4.15. The number of aliphatic hydroxyl groups excluding tert-OH is 1. The highest BCUT2D eigenvalue weighted by Gasteiger charge is 2.47. The highest BCUT2D eigenvalue weighted by atomic mass is 32.2. The van der Waals surface area contributed by atoms with Gasteiger partial charge in [0, 0.05) is 32.1 Å². The predicted molar refractivity (Wildman–Crippen MR) is 119 cm³/mol. The third kappa shape index (κ3) is 4.35. The first-order valence-corrected chi connectivity index (χ1v) is 13.0. The molecule has 2 aliphatic rings. The fourth-order valence-electron chi connectivity index (χ4n) is 4.01. The Morgan fingerprint density at radius 3 is 2.54 bits per heavy atom. The molecule has 35 heavy (non-hydrogen) atoms. The van der Waals surface area contributed by atoms with Crippen LogP contribution in [0.5, 0.6) is 0 Å². The van der Waals surface area contributed by atoms with Crippen molar-refractivity contribution in [1.29, 1.82) is 5.26 Å². The first kappa shape index (κ1) is 23.9. The average Bonchev–Trinajstić information content (AvgIpc) is 3.22. The number of aromatic nitrogens is 4. The maximum Gasteiger partial charge on any atom is 0.291 e. The number of alkyl halides is 3. The van der Waals surface area contributed by atoms with Gasteiger partial charge >= 0.3 is 0 Å². The van der Waals surface area contributed by atoms with E-state index in [-0.39, 0.29) is 41.7 Å². The standard InChI is InChI=1S/C20H20F3N7O3S2/c21-15(22)17-26-27-18(34-17)16-25-8-14-13(29-5-3-19(23,11-31)4-6-29)7-12(9-30(14)16)35(32,33)28-20(10-24)1-2-20/h7-9,15,28,31H,1-6,11H2. The van der Waals surface area contributed by atoms with Crippen LogP contribution in [0.25, 0.3) is 16.3 Å². The normalized spacial score (nSPS) is 19.3. The summed E-state index contributed by atoms with van der Waals surface area (Å²) in [5, 5.41) is 25.5. The van der Waals surface area contributed by atoms with Gasteiger partial charge in [0.05, 0.1) is 30.1 Å². The van der Waals surface area contributed by atoms with Crippen LogP contribution in [0.3, 0.4) is 0 Å². The smallest absolute Gasteiger partial charge is 0.291 e. The Morgan fingerprint density at radius 1 is 1.26 bits per heavy atom. The third-order valence-electron chi connectivity index (χ3n) is 6.30. The number of halogens is 3. The number of imidazole rings is 1. The van der Waals surface area contributed by atoms with Gasteiger partial charge < -0.3 is 10.0 Å². The van der Waals surface area contributed by atoms with Gasteiger partial charge in [-0.3, -0.25) is 4.40 Å². The van der Waals surface area contributed by atoms with E-state index in [1.807, 2.05) is 6.07 Å². The summed E-state index contributed by atoms with van der Waals surface area (Å²) in [6.45, 7) is -0.188. The van der Waals surface area contributed by atoms with Gasteiger partial charge in [0.25, 0.3) is 6.43 Å². The molecule has 15 heteroatoms. The highest BCUT2D eigenvalue weighted by molar-refractivity contribution is 7.89. The number of hydrogen-bond donors (Lipinski definition) is 2. The van der Waals surface area contributed by atoms with Gasteiger partial charge in [-0.05, 0) is 18.9 Å². The van der Waals surface area contributed by atoms with Crippen LogP contribution in [0, 0.1) is 11.3 Å². The highest BCUT2D eigenvalue weighted by Crippen LogP contribution is 2.38. The van der Waals surface area contributed by atoms with Crippen LogP contribution in [-0.2, 0) is 10.0 Å². The van der Waals surface area contributed by atoms with Crippen molar-refractivity contribution in [2.45, 2.75) is 48.2 Å². The molecule has 10 nitrogen and oxygen atoms in total. The Morgan fingerprint density at radius 2 is 1.97 bits per heavy atom. The molecule has 0 amide bonds. The van der Waals surface area contributed by atoms with Gasteiger partial charge in [-0.2, -0.15) is 9.98 Å². The largest absolute Gasteiger partial charge is 0.393 e. The Labute approximate surface area is 202 Å². The van der Waals surface area contributed by atoms with E-state index in [2.05, 4.69) is 19.9 Å². The Kier molecular flexibility index (Phi) is 5.74. The molecular weight excluding hydrogens is 507 g/mol. The summed E-state index contributed by atoms with van der Waals surface area (Å²) in [5.41, 5.74) is -1.97. The Hall–Kier alpha value is -2.80. The minimum absolute atomic E-state index is 0.0393. The summed E-state index contributed by atoms with van der Waals surface area (Å²) in [5.74, 6) is 0.122. The first-order valence-electron chi connectivity index (χ1n) is 10.7. The number of sulfonamides is 1. The van der Waals surface area contributed by atoms with Gasteiger partial charge in [0.1, 0.15) is 16.1 Å². The average molecular weight is 528 g/mol. The zero-order chi connectivity index (χ0) is 25.0. The number of hydrogen-bond acceptors (Lipinski definition) is 9. The van der Waals surface area contributed by atoms with Crippen LogP contribution >= 0.6 is 11.3 Å². The maximum absolute atomic E-state index is 14.6. The van der Waals surface area contributed by atoms with Crippen LogP contribution in [0.4, 0.5) is 18.9 Å². The van der Waals surface area contributed by atoms with E-state index < -0.39 is 39.3 Å². The molecule has 1 saturated heterocycles. The SMILES string of the molecule is N#CC1(NS(=O)(=O)c2cc(N3CCC(F)(CO)CC3)c3cnc(-c4nnc(C(F)F)s4)n3c2)CC1. The molecule has 1 aliphatic heterocycles. The molecular formula is C20H20F3N7O3S2. The van der Waals surface area contributed by atoms with Crippen LogP contribution in [0.1, 0.15) is 37.1 Å². The van der Waals surface area contributed by atoms with Gasteiger partial charge in [-0.1, -0.05) is 11.3 Å². The molecule has 0 unspecified atom stereocenters. The number of fused-ring (bicyclic) bond motifs is 1. The second kappa shape index (κ2) is 8.40. The number of anilines is 1. The van der Waals surface area contributed by atoms with Crippen molar-refractivity contribution >= 4 is 32.6 Å². The molecule has 0 spiro atoms. The zero-order valence-corrected chi connectivity index (χ0v) is 19.8. The quantitative estimate of drug-likeness (QED) is 0.478. The second-order valence-corrected chi connectivity index (χ2v) is 11.4. The molecule has 3 aromatic heterocycles. The molecule has 2 fully saturated rings.